The summed E-state index contributed by atoms with van der Waals surface area (Å²) in [6.07, 6.45) is 5.84. The number of aryl methyl sites for hydroxylation is 1. The molecular formula is C27H35N3O3S. The van der Waals surface area contributed by atoms with Crippen LogP contribution in [0.1, 0.15) is 60.7 Å². The van der Waals surface area contributed by atoms with Crippen LogP contribution in [0.2, 0.25) is 0 Å². The number of nitrogens with one attached hydrogen (secondary N) is 1. The molecule has 2 unspecified atom stereocenters. The van der Waals surface area contributed by atoms with E-state index in [0.717, 1.165) is 45.1 Å². The molecule has 2 fully saturated rings. The molecule has 0 saturated carbocycles. The molecule has 1 aromatic heterocycles. The summed E-state index contributed by atoms with van der Waals surface area (Å²) in [5, 5.41) is 4.95. The van der Waals surface area contributed by atoms with Gasteiger partial charge in [0.1, 0.15) is 6.04 Å². The third-order valence-corrected chi connectivity index (χ3v) is 8.09. The standard InChI is InChI=1S/C27H35N3O3S/c1-20-8-5-6-16-30(20)27(33)25(28-26(32)23-11-7-19-34-23)22-14-17-29(18-15-22)24(31)13-12-21-9-3-2-4-10-21/h2-4,7,9-11,19-20,22,25H,5-6,8,12-18H2,1H3,(H,28,32). The number of hydrogen-bond donors (Lipinski definition) is 1. The van der Waals surface area contributed by atoms with E-state index in [9.17, 15) is 14.4 Å². The lowest BCUT2D eigenvalue weighted by atomic mass is 9.87. The first kappa shape index (κ1) is 24.5. The lowest BCUT2D eigenvalue weighted by Crippen LogP contribution is -2.57. The molecule has 2 saturated heterocycles. The van der Waals surface area contributed by atoms with Crippen LogP contribution in [0.3, 0.4) is 0 Å². The van der Waals surface area contributed by atoms with Crippen LogP contribution in [0.4, 0.5) is 0 Å². The number of likely N-dealkylation sites (tertiary alicyclic amines) is 2. The molecule has 0 radical (unpaired) electrons. The Hall–Kier alpha value is -2.67. The zero-order valence-electron chi connectivity index (χ0n) is 19.9. The van der Waals surface area contributed by atoms with Gasteiger partial charge >= 0.3 is 0 Å². The highest BCUT2D eigenvalue weighted by molar-refractivity contribution is 7.12. The maximum atomic E-state index is 13.6. The number of carbonyl (C=O) groups is 3. The number of nitrogens with zero attached hydrogens (tertiary/aromatic N) is 2. The molecule has 2 atom stereocenters. The third kappa shape index (κ3) is 6.06. The fraction of sp³-hybridized carbons (Fsp3) is 0.519. The first-order valence-electron chi connectivity index (χ1n) is 12.5. The largest absolute Gasteiger partial charge is 0.343 e. The van der Waals surface area contributed by atoms with E-state index in [2.05, 4.69) is 12.2 Å². The van der Waals surface area contributed by atoms with E-state index in [1.165, 1.54) is 16.9 Å². The topological polar surface area (TPSA) is 69.7 Å². The van der Waals surface area contributed by atoms with Crippen LogP contribution in [0.15, 0.2) is 47.8 Å². The van der Waals surface area contributed by atoms with Crippen molar-refractivity contribution in [1.29, 1.82) is 0 Å². The van der Waals surface area contributed by atoms with Gasteiger partial charge in [0.15, 0.2) is 0 Å². The van der Waals surface area contributed by atoms with Crippen molar-refractivity contribution in [3.63, 3.8) is 0 Å². The average molecular weight is 482 g/mol. The van der Waals surface area contributed by atoms with Gasteiger partial charge in [-0.1, -0.05) is 36.4 Å². The Bertz CT molecular complexity index is 955. The normalized spacial score (nSPS) is 20.1. The summed E-state index contributed by atoms with van der Waals surface area (Å²) in [6, 6.07) is 13.4. The predicted molar refractivity (Wildman–Crippen MR) is 135 cm³/mol. The highest BCUT2D eigenvalue weighted by Crippen LogP contribution is 2.26. The van der Waals surface area contributed by atoms with Gasteiger partial charge in [0.25, 0.3) is 5.91 Å². The molecule has 1 aromatic carbocycles. The van der Waals surface area contributed by atoms with Gasteiger partial charge in [-0.2, -0.15) is 0 Å². The minimum absolute atomic E-state index is 0.0312. The van der Waals surface area contributed by atoms with E-state index in [-0.39, 0.29) is 29.7 Å². The van der Waals surface area contributed by atoms with E-state index >= 15 is 0 Å². The van der Waals surface area contributed by atoms with Crippen LogP contribution in [0.5, 0.6) is 0 Å². The lowest BCUT2D eigenvalue weighted by Gasteiger charge is -2.40. The zero-order chi connectivity index (χ0) is 23.9. The predicted octanol–water partition coefficient (Wildman–Crippen LogP) is 4.12. The first-order valence-corrected chi connectivity index (χ1v) is 13.4. The van der Waals surface area contributed by atoms with Crippen molar-refractivity contribution in [2.24, 2.45) is 5.92 Å². The van der Waals surface area contributed by atoms with Gasteiger partial charge in [0.2, 0.25) is 11.8 Å². The Morgan fingerprint density at radius 3 is 2.44 bits per heavy atom. The molecule has 1 N–H and O–H groups in total. The fourth-order valence-corrected chi connectivity index (χ4v) is 5.77. The molecular weight excluding hydrogens is 446 g/mol. The van der Waals surface area contributed by atoms with Gasteiger partial charge in [0, 0.05) is 32.1 Å². The number of amides is 3. The number of hydrogen-bond acceptors (Lipinski definition) is 4. The maximum absolute atomic E-state index is 13.6. The molecule has 2 aromatic rings. The minimum Gasteiger partial charge on any atom is -0.343 e. The van der Waals surface area contributed by atoms with Gasteiger partial charge in [-0.25, -0.2) is 0 Å². The van der Waals surface area contributed by atoms with E-state index in [1.54, 1.807) is 6.07 Å². The number of piperidine rings is 2. The zero-order valence-corrected chi connectivity index (χ0v) is 20.8. The Morgan fingerprint density at radius 1 is 1.00 bits per heavy atom. The van der Waals surface area contributed by atoms with Crippen molar-refractivity contribution in [1.82, 2.24) is 15.1 Å². The van der Waals surface area contributed by atoms with Crippen molar-refractivity contribution in [2.75, 3.05) is 19.6 Å². The summed E-state index contributed by atoms with van der Waals surface area (Å²) in [4.78, 5) is 43.8. The number of thiophene rings is 1. The van der Waals surface area contributed by atoms with Crippen LogP contribution >= 0.6 is 11.3 Å². The summed E-state index contributed by atoms with van der Waals surface area (Å²) in [7, 11) is 0. The van der Waals surface area contributed by atoms with Gasteiger partial charge in [-0.05, 0) is 68.4 Å². The number of carbonyl (C=O) groups excluding carboxylic acids is 3. The number of benzene rings is 1. The molecule has 182 valence electrons. The summed E-state index contributed by atoms with van der Waals surface area (Å²) < 4.78 is 0. The monoisotopic (exact) mass is 481 g/mol. The van der Waals surface area contributed by atoms with Crippen LogP contribution in [-0.2, 0) is 16.0 Å². The van der Waals surface area contributed by atoms with Crippen molar-refractivity contribution < 1.29 is 14.4 Å². The van der Waals surface area contributed by atoms with E-state index in [0.29, 0.717) is 24.4 Å². The average Bonchev–Trinajstić information content (AvgIpc) is 3.42. The van der Waals surface area contributed by atoms with Crippen LogP contribution in [0, 0.1) is 5.92 Å². The van der Waals surface area contributed by atoms with Gasteiger partial charge in [-0.15, -0.1) is 11.3 Å². The summed E-state index contributed by atoms with van der Waals surface area (Å²) in [6.45, 7) is 4.12. The Morgan fingerprint density at radius 2 is 1.76 bits per heavy atom. The van der Waals surface area contributed by atoms with E-state index in [1.807, 2.05) is 51.6 Å². The molecule has 2 aliphatic heterocycles. The van der Waals surface area contributed by atoms with Gasteiger partial charge in [-0.3, -0.25) is 14.4 Å². The Labute approximate surface area is 206 Å². The van der Waals surface area contributed by atoms with Crippen molar-refractivity contribution in [3.05, 3.63) is 58.3 Å². The van der Waals surface area contributed by atoms with Crippen LogP contribution in [0.25, 0.3) is 0 Å². The van der Waals surface area contributed by atoms with Crippen molar-refractivity contribution in [3.8, 4) is 0 Å². The SMILES string of the molecule is CC1CCCCN1C(=O)C(NC(=O)c1cccs1)C1CCN(C(=O)CCc2ccccc2)CC1. The molecule has 34 heavy (non-hydrogen) atoms. The fourth-order valence-electron chi connectivity index (χ4n) is 5.14. The van der Waals surface area contributed by atoms with E-state index < -0.39 is 6.04 Å². The molecule has 2 aliphatic rings. The van der Waals surface area contributed by atoms with Crippen molar-refractivity contribution >= 4 is 29.1 Å². The second kappa shape index (κ2) is 11.6. The highest BCUT2D eigenvalue weighted by Gasteiger charge is 2.38. The number of rotatable bonds is 7. The van der Waals surface area contributed by atoms with Gasteiger partial charge in [0.05, 0.1) is 4.88 Å². The van der Waals surface area contributed by atoms with Crippen LogP contribution in [-0.4, -0.2) is 59.2 Å². The second-order valence-electron chi connectivity index (χ2n) is 9.51. The summed E-state index contributed by atoms with van der Waals surface area (Å²) >= 11 is 1.39. The maximum Gasteiger partial charge on any atom is 0.262 e. The molecule has 0 spiro atoms. The molecule has 6 nitrogen and oxygen atoms in total. The minimum atomic E-state index is -0.545. The Kier molecular flexibility index (Phi) is 8.38. The molecule has 0 aliphatic carbocycles. The smallest absolute Gasteiger partial charge is 0.262 e. The quantitative estimate of drug-likeness (QED) is 0.647. The summed E-state index contributed by atoms with van der Waals surface area (Å²) in [5.74, 6) is 0.0477. The summed E-state index contributed by atoms with van der Waals surface area (Å²) in [5.41, 5.74) is 1.17. The van der Waals surface area contributed by atoms with E-state index in [4.69, 9.17) is 0 Å². The molecule has 3 heterocycles. The second-order valence-corrected chi connectivity index (χ2v) is 10.5. The first-order chi connectivity index (χ1) is 16.5. The Balaban J connectivity index is 1.38. The van der Waals surface area contributed by atoms with Crippen molar-refractivity contribution in [2.45, 2.75) is 64.0 Å². The highest BCUT2D eigenvalue weighted by atomic mass is 32.1. The lowest BCUT2D eigenvalue weighted by molar-refractivity contribution is -0.139. The van der Waals surface area contributed by atoms with Crippen LogP contribution < -0.4 is 5.32 Å². The molecule has 0 bridgehead atoms. The van der Waals surface area contributed by atoms with Gasteiger partial charge < -0.3 is 15.1 Å². The molecule has 3 amide bonds. The molecule has 7 heteroatoms. The molecule has 4 rings (SSSR count). The third-order valence-electron chi connectivity index (χ3n) is 7.22.